The molecule has 1 amide bonds. The number of hydrogen-bond donors (Lipinski definition) is 1. The van der Waals surface area contributed by atoms with Crippen LogP contribution in [0.1, 0.15) is 57.9 Å². The Morgan fingerprint density at radius 3 is 2.35 bits per heavy atom. The van der Waals surface area contributed by atoms with Gasteiger partial charge in [0.15, 0.2) is 0 Å². The second-order valence-electron chi connectivity index (χ2n) is 8.72. The third kappa shape index (κ3) is 3.96. The van der Waals surface area contributed by atoms with Crippen LogP contribution in [0, 0.1) is 11.3 Å². The monoisotopic (exact) mass is 359 g/mol. The SMILES string of the molecule is COCCc1ccc(N2CC[C@]3(CC[C@](O)(CC(C)C)CC3)C2=O)cc1. The molecule has 0 aromatic heterocycles. The molecule has 1 aliphatic heterocycles. The highest BCUT2D eigenvalue weighted by molar-refractivity contribution is 6.00. The first-order valence-corrected chi connectivity index (χ1v) is 10.00. The van der Waals surface area contributed by atoms with Gasteiger partial charge in [-0.25, -0.2) is 0 Å². The highest BCUT2D eigenvalue weighted by Crippen LogP contribution is 2.49. The second-order valence-corrected chi connectivity index (χ2v) is 8.72. The molecule has 0 bridgehead atoms. The summed E-state index contributed by atoms with van der Waals surface area (Å²) >= 11 is 0. The van der Waals surface area contributed by atoms with Gasteiger partial charge < -0.3 is 14.7 Å². The summed E-state index contributed by atoms with van der Waals surface area (Å²) in [6.45, 7) is 5.81. The first-order valence-electron chi connectivity index (χ1n) is 10.00. The fourth-order valence-corrected chi connectivity index (χ4v) is 4.75. The van der Waals surface area contributed by atoms with Crippen molar-refractivity contribution in [2.24, 2.45) is 11.3 Å². The van der Waals surface area contributed by atoms with Gasteiger partial charge in [0, 0.05) is 19.3 Å². The maximum absolute atomic E-state index is 13.2. The van der Waals surface area contributed by atoms with Crippen LogP contribution in [-0.2, 0) is 16.0 Å². The van der Waals surface area contributed by atoms with E-state index in [9.17, 15) is 9.90 Å². The lowest BCUT2D eigenvalue weighted by Crippen LogP contribution is -2.44. The van der Waals surface area contributed by atoms with Crippen LogP contribution in [0.5, 0.6) is 0 Å². The van der Waals surface area contributed by atoms with Gasteiger partial charge in [-0.3, -0.25) is 4.79 Å². The van der Waals surface area contributed by atoms with Crippen LogP contribution in [0.15, 0.2) is 24.3 Å². The number of rotatable bonds is 6. The van der Waals surface area contributed by atoms with Crippen LogP contribution >= 0.6 is 0 Å². The number of benzene rings is 1. The Morgan fingerprint density at radius 1 is 1.12 bits per heavy atom. The quantitative estimate of drug-likeness (QED) is 0.837. The van der Waals surface area contributed by atoms with Crippen LogP contribution in [-0.4, -0.2) is 36.9 Å². The number of hydrogen-bond acceptors (Lipinski definition) is 3. The molecular formula is C22H33NO3. The van der Waals surface area contributed by atoms with E-state index in [1.54, 1.807) is 7.11 Å². The zero-order chi connectivity index (χ0) is 18.8. The number of amides is 1. The molecule has 1 saturated carbocycles. The summed E-state index contributed by atoms with van der Waals surface area (Å²) in [6.07, 6.45) is 5.78. The predicted molar refractivity (Wildman–Crippen MR) is 104 cm³/mol. The summed E-state index contributed by atoms with van der Waals surface area (Å²) < 4.78 is 5.12. The number of carbonyl (C=O) groups excluding carboxylic acids is 1. The molecule has 1 saturated heterocycles. The van der Waals surface area contributed by atoms with Gasteiger partial charge in [-0.15, -0.1) is 0 Å². The Kier molecular flexibility index (Phi) is 5.73. The largest absolute Gasteiger partial charge is 0.390 e. The van der Waals surface area contributed by atoms with E-state index in [2.05, 4.69) is 38.1 Å². The minimum atomic E-state index is -0.573. The van der Waals surface area contributed by atoms with E-state index in [4.69, 9.17) is 4.74 Å². The lowest BCUT2D eigenvalue weighted by Gasteiger charge is -2.41. The Hall–Kier alpha value is -1.39. The highest BCUT2D eigenvalue weighted by atomic mass is 16.5. The zero-order valence-corrected chi connectivity index (χ0v) is 16.5. The molecule has 0 radical (unpaired) electrons. The minimum absolute atomic E-state index is 0.252. The third-order valence-electron chi connectivity index (χ3n) is 6.28. The van der Waals surface area contributed by atoms with Gasteiger partial charge in [0.2, 0.25) is 5.91 Å². The summed E-state index contributed by atoms with van der Waals surface area (Å²) in [4.78, 5) is 15.1. The average molecular weight is 360 g/mol. The van der Waals surface area contributed by atoms with Gasteiger partial charge >= 0.3 is 0 Å². The van der Waals surface area contributed by atoms with Gasteiger partial charge in [-0.2, -0.15) is 0 Å². The molecule has 1 aliphatic carbocycles. The standard InChI is InChI=1S/C22H33NO3/c1-17(2)16-22(25)11-9-21(10-12-22)13-14-23(20(21)24)19-6-4-18(5-7-19)8-15-26-3/h4-7,17,25H,8-16H2,1-3H3/t21-,22-. The summed E-state index contributed by atoms with van der Waals surface area (Å²) in [5.41, 5.74) is 1.40. The lowest BCUT2D eigenvalue weighted by atomic mass is 9.66. The number of carbonyl (C=O) groups is 1. The molecule has 0 unspecified atom stereocenters. The Balaban J connectivity index is 1.65. The first kappa shape index (κ1) is 19.4. The predicted octanol–water partition coefficient (Wildman–Crippen LogP) is 3.95. The molecule has 1 aromatic rings. The highest BCUT2D eigenvalue weighted by Gasteiger charge is 2.51. The summed E-state index contributed by atoms with van der Waals surface area (Å²) in [7, 11) is 1.71. The number of anilines is 1. The van der Waals surface area contributed by atoms with Crippen molar-refractivity contribution >= 4 is 11.6 Å². The molecule has 1 N–H and O–H groups in total. The maximum Gasteiger partial charge on any atom is 0.233 e. The van der Waals surface area contributed by atoms with Gasteiger partial charge in [0.25, 0.3) is 0 Å². The van der Waals surface area contributed by atoms with Crippen molar-refractivity contribution < 1.29 is 14.6 Å². The van der Waals surface area contributed by atoms with Crippen molar-refractivity contribution in [1.29, 1.82) is 0 Å². The number of methoxy groups -OCH3 is 1. The molecule has 4 nitrogen and oxygen atoms in total. The molecule has 1 heterocycles. The molecule has 4 heteroatoms. The van der Waals surface area contributed by atoms with Crippen LogP contribution < -0.4 is 4.90 Å². The summed E-state index contributed by atoms with van der Waals surface area (Å²) in [5, 5.41) is 10.8. The van der Waals surface area contributed by atoms with Crippen molar-refractivity contribution in [3.05, 3.63) is 29.8 Å². The molecule has 2 fully saturated rings. The minimum Gasteiger partial charge on any atom is -0.390 e. The van der Waals surface area contributed by atoms with E-state index in [-0.39, 0.29) is 11.3 Å². The second kappa shape index (κ2) is 7.69. The first-order chi connectivity index (χ1) is 12.4. The molecule has 3 rings (SSSR count). The maximum atomic E-state index is 13.2. The van der Waals surface area contributed by atoms with Crippen molar-refractivity contribution in [2.45, 2.75) is 64.4 Å². The van der Waals surface area contributed by atoms with Crippen molar-refractivity contribution in [3.8, 4) is 0 Å². The van der Waals surface area contributed by atoms with Crippen molar-refractivity contribution in [2.75, 3.05) is 25.2 Å². The molecule has 1 spiro atoms. The molecule has 26 heavy (non-hydrogen) atoms. The third-order valence-corrected chi connectivity index (χ3v) is 6.28. The fraction of sp³-hybridized carbons (Fsp3) is 0.682. The lowest BCUT2D eigenvalue weighted by molar-refractivity contribution is -0.131. The van der Waals surface area contributed by atoms with E-state index in [1.807, 2.05) is 4.90 Å². The topological polar surface area (TPSA) is 49.8 Å². The normalized spacial score (nSPS) is 29.1. The molecule has 1 aromatic carbocycles. The number of nitrogens with zero attached hydrogens (tertiary/aromatic N) is 1. The van der Waals surface area contributed by atoms with E-state index >= 15 is 0 Å². The molecule has 144 valence electrons. The van der Waals surface area contributed by atoms with E-state index in [1.165, 1.54) is 5.56 Å². The Morgan fingerprint density at radius 2 is 1.77 bits per heavy atom. The van der Waals surface area contributed by atoms with E-state index < -0.39 is 5.60 Å². The van der Waals surface area contributed by atoms with Crippen molar-refractivity contribution in [3.63, 3.8) is 0 Å². The fourth-order valence-electron chi connectivity index (χ4n) is 4.75. The van der Waals surface area contributed by atoms with Gasteiger partial charge in [-0.1, -0.05) is 26.0 Å². The number of aliphatic hydroxyl groups is 1. The van der Waals surface area contributed by atoms with Crippen LogP contribution in [0.4, 0.5) is 5.69 Å². The zero-order valence-electron chi connectivity index (χ0n) is 16.5. The van der Waals surface area contributed by atoms with E-state index in [0.717, 1.165) is 57.2 Å². The average Bonchev–Trinajstić information content (AvgIpc) is 2.93. The van der Waals surface area contributed by atoms with Gasteiger partial charge in [0.05, 0.1) is 17.6 Å². The summed E-state index contributed by atoms with van der Waals surface area (Å²) in [5.74, 6) is 0.746. The molecular weight excluding hydrogens is 326 g/mol. The van der Waals surface area contributed by atoms with E-state index in [0.29, 0.717) is 12.5 Å². The van der Waals surface area contributed by atoms with Gasteiger partial charge in [-0.05, 0) is 68.6 Å². The van der Waals surface area contributed by atoms with Crippen LogP contribution in [0.3, 0.4) is 0 Å². The van der Waals surface area contributed by atoms with Gasteiger partial charge in [0.1, 0.15) is 0 Å². The van der Waals surface area contributed by atoms with Crippen molar-refractivity contribution in [1.82, 2.24) is 0 Å². The Labute approximate surface area is 157 Å². The molecule has 0 atom stereocenters. The summed E-state index contributed by atoms with van der Waals surface area (Å²) in [6, 6.07) is 8.30. The molecule has 2 aliphatic rings. The number of ether oxygens (including phenoxy) is 1. The smallest absolute Gasteiger partial charge is 0.233 e. The Bertz CT molecular complexity index is 615. The van der Waals surface area contributed by atoms with Crippen LogP contribution in [0.2, 0.25) is 0 Å². The van der Waals surface area contributed by atoms with Crippen LogP contribution in [0.25, 0.3) is 0 Å².